The van der Waals surface area contributed by atoms with Gasteiger partial charge in [-0.25, -0.2) is 0 Å². The Labute approximate surface area is 103 Å². The molecule has 3 nitrogen and oxygen atoms in total. The first kappa shape index (κ1) is 12.0. The molecule has 1 N–H and O–H groups in total. The van der Waals surface area contributed by atoms with Gasteiger partial charge in [0.1, 0.15) is 6.26 Å². The number of aromatic nitrogens is 1. The highest BCUT2D eigenvalue weighted by Gasteiger charge is 2.06. The topological polar surface area (TPSA) is 55.9 Å². The van der Waals surface area contributed by atoms with Crippen LogP contribution in [0.3, 0.4) is 0 Å². The van der Waals surface area contributed by atoms with Crippen molar-refractivity contribution >= 4 is 11.2 Å². The lowest BCUT2D eigenvalue weighted by Crippen LogP contribution is -2.05. The van der Waals surface area contributed by atoms with Gasteiger partial charge in [-0.3, -0.25) is 4.79 Å². The van der Waals surface area contributed by atoms with Gasteiger partial charge in [0, 0.05) is 17.3 Å². The number of rotatable bonds is 2. The summed E-state index contributed by atoms with van der Waals surface area (Å²) in [7, 11) is 0. The molecule has 1 heterocycles. The highest BCUT2D eigenvalue weighted by atomic mass is 32.2. The lowest BCUT2D eigenvalue weighted by molar-refractivity contribution is 0.601. The van der Waals surface area contributed by atoms with Crippen molar-refractivity contribution in [1.29, 1.82) is 0 Å². The smallest absolute Gasteiger partial charge is 0.248 e. The number of aromatic amines is 1. The second kappa shape index (κ2) is 4.77. The van der Waals surface area contributed by atoms with E-state index < -0.39 is 11.2 Å². The maximum absolute atomic E-state index is 11.3. The molecule has 0 bridgehead atoms. The summed E-state index contributed by atoms with van der Waals surface area (Å²) in [6.45, 7) is 1.86. The van der Waals surface area contributed by atoms with E-state index in [1.54, 1.807) is 12.3 Å². The first-order valence-electron chi connectivity index (χ1n) is 5.22. The number of aryl methyl sites for hydroxylation is 1. The van der Waals surface area contributed by atoms with Gasteiger partial charge in [0.15, 0.2) is 4.90 Å². The van der Waals surface area contributed by atoms with Gasteiger partial charge in [-0.05, 0) is 54.0 Å². The lowest BCUT2D eigenvalue weighted by Gasteiger charge is -2.07. The Hall–Kier alpha value is -1.52. The van der Waals surface area contributed by atoms with Crippen LogP contribution in [-0.4, -0.2) is 15.8 Å². The second-order valence-electron chi connectivity index (χ2n) is 3.84. The third kappa shape index (κ3) is 2.60. The van der Waals surface area contributed by atoms with Crippen molar-refractivity contribution in [3.05, 3.63) is 52.4 Å². The van der Waals surface area contributed by atoms with Crippen molar-refractivity contribution in [1.82, 2.24) is 4.98 Å². The van der Waals surface area contributed by atoms with Crippen LogP contribution in [0, 0.1) is 6.92 Å². The Balaban J connectivity index is 2.43. The standard InChI is InChI=1S/C13H13NO2S/c1-9-12(7-8-13(15)14-9)10-3-5-11(6-4-10)17(2)16/h3-8H,1-2H3,(H,14,15). The summed E-state index contributed by atoms with van der Waals surface area (Å²) in [5.74, 6) is 0. The molecule has 0 aliphatic heterocycles. The summed E-state index contributed by atoms with van der Waals surface area (Å²) < 4.78 is 11.3. The SMILES string of the molecule is Cc1[nH]c(=O)ccc1-c1ccc([S+](C)[O-])cc1. The average Bonchev–Trinajstić information content (AvgIpc) is 2.29. The van der Waals surface area contributed by atoms with E-state index in [0.29, 0.717) is 0 Å². The predicted octanol–water partition coefficient (Wildman–Crippen LogP) is 2.09. The molecule has 1 unspecified atom stereocenters. The summed E-state index contributed by atoms with van der Waals surface area (Å²) in [6.07, 6.45) is 1.65. The molecular formula is C13H13NO2S. The van der Waals surface area contributed by atoms with Crippen LogP contribution in [0.15, 0.2) is 46.1 Å². The predicted molar refractivity (Wildman–Crippen MR) is 69.6 cm³/mol. The summed E-state index contributed by atoms with van der Waals surface area (Å²) in [5, 5.41) is 0. The molecule has 0 fully saturated rings. The minimum atomic E-state index is -0.960. The first-order chi connectivity index (χ1) is 8.08. The van der Waals surface area contributed by atoms with Crippen molar-refractivity contribution in [2.24, 2.45) is 0 Å². The normalized spacial score (nSPS) is 12.4. The van der Waals surface area contributed by atoms with E-state index in [9.17, 15) is 9.35 Å². The van der Waals surface area contributed by atoms with Crippen LogP contribution in [0.25, 0.3) is 11.1 Å². The zero-order valence-electron chi connectivity index (χ0n) is 9.69. The number of pyridine rings is 1. The van der Waals surface area contributed by atoms with E-state index in [2.05, 4.69) is 4.98 Å². The summed E-state index contributed by atoms with van der Waals surface area (Å²) in [4.78, 5) is 14.7. The van der Waals surface area contributed by atoms with Crippen molar-refractivity contribution in [3.8, 4) is 11.1 Å². The van der Waals surface area contributed by atoms with Crippen LogP contribution >= 0.6 is 0 Å². The van der Waals surface area contributed by atoms with Gasteiger partial charge < -0.3 is 9.54 Å². The zero-order chi connectivity index (χ0) is 12.4. The fourth-order valence-electron chi connectivity index (χ4n) is 1.72. The van der Waals surface area contributed by atoms with Gasteiger partial charge in [-0.2, -0.15) is 0 Å². The van der Waals surface area contributed by atoms with Gasteiger partial charge in [0.25, 0.3) is 0 Å². The van der Waals surface area contributed by atoms with E-state index in [1.165, 1.54) is 6.07 Å². The third-order valence-electron chi connectivity index (χ3n) is 2.61. The van der Waals surface area contributed by atoms with E-state index in [-0.39, 0.29) is 5.56 Å². The molecule has 17 heavy (non-hydrogen) atoms. The van der Waals surface area contributed by atoms with Crippen LogP contribution in [0.4, 0.5) is 0 Å². The summed E-state index contributed by atoms with van der Waals surface area (Å²) >= 11 is -0.960. The highest BCUT2D eigenvalue weighted by molar-refractivity contribution is 7.90. The van der Waals surface area contributed by atoms with Crippen LogP contribution in [0.5, 0.6) is 0 Å². The Morgan fingerprint density at radius 1 is 1.12 bits per heavy atom. The fraction of sp³-hybridized carbons (Fsp3) is 0.154. The quantitative estimate of drug-likeness (QED) is 0.826. The second-order valence-corrected chi connectivity index (χ2v) is 5.22. The molecule has 1 atom stereocenters. The molecule has 2 rings (SSSR count). The number of hydrogen-bond donors (Lipinski definition) is 1. The number of hydrogen-bond acceptors (Lipinski definition) is 2. The molecule has 1 aromatic heterocycles. The molecule has 88 valence electrons. The first-order valence-corrected chi connectivity index (χ1v) is 6.77. The molecule has 0 aliphatic carbocycles. The summed E-state index contributed by atoms with van der Waals surface area (Å²) in [5.41, 5.74) is 2.73. The third-order valence-corrected chi connectivity index (χ3v) is 3.55. The molecule has 1 aromatic carbocycles. The molecule has 0 radical (unpaired) electrons. The molecule has 0 saturated heterocycles. The maximum atomic E-state index is 11.3. The van der Waals surface area contributed by atoms with Crippen molar-refractivity contribution in [2.75, 3.05) is 6.26 Å². The summed E-state index contributed by atoms with van der Waals surface area (Å²) in [6, 6.07) is 10.8. The van der Waals surface area contributed by atoms with Gasteiger partial charge in [0.05, 0.1) is 0 Å². The Morgan fingerprint density at radius 2 is 1.76 bits per heavy atom. The maximum Gasteiger partial charge on any atom is 0.248 e. The van der Waals surface area contributed by atoms with E-state index in [1.807, 2.05) is 31.2 Å². The van der Waals surface area contributed by atoms with Gasteiger partial charge >= 0.3 is 0 Å². The van der Waals surface area contributed by atoms with Gasteiger partial charge in [0.2, 0.25) is 5.56 Å². The van der Waals surface area contributed by atoms with Crippen LogP contribution in [-0.2, 0) is 11.2 Å². The van der Waals surface area contributed by atoms with Crippen LogP contribution in [0.2, 0.25) is 0 Å². The Morgan fingerprint density at radius 3 is 2.29 bits per heavy atom. The van der Waals surface area contributed by atoms with Gasteiger partial charge in [-0.15, -0.1) is 0 Å². The minimum Gasteiger partial charge on any atom is -0.612 e. The van der Waals surface area contributed by atoms with Crippen molar-refractivity contribution in [2.45, 2.75) is 11.8 Å². The molecule has 0 aliphatic rings. The molecule has 0 amide bonds. The molecule has 0 saturated carbocycles. The molecule has 2 aromatic rings. The zero-order valence-corrected chi connectivity index (χ0v) is 10.5. The molecular weight excluding hydrogens is 234 g/mol. The largest absolute Gasteiger partial charge is 0.612 e. The number of benzene rings is 1. The minimum absolute atomic E-state index is 0.0995. The molecule has 0 spiro atoms. The molecule has 4 heteroatoms. The van der Waals surface area contributed by atoms with Crippen LogP contribution in [0.1, 0.15) is 5.69 Å². The fourth-order valence-corrected chi connectivity index (χ4v) is 2.24. The van der Waals surface area contributed by atoms with Crippen LogP contribution < -0.4 is 5.56 Å². The van der Waals surface area contributed by atoms with Crippen molar-refractivity contribution in [3.63, 3.8) is 0 Å². The van der Waals surface area contributed by atoms with E-state index in [0.717, 1.165) is 21.7 Å². The number of nitrogens with one attached hydrogen (secondary N) is 1. The average molecular weight is 247 g/mol. The Bertz CT molecular complexity index is 573. The lowest BCUT2D eigenvalue weighted by atomic mass is 10.1. The van der Waals surface area contributed by atoms with E-state index >= 15 is 0 Å². The highest BCUT2D eigenvalue weighted by Crippen LogP contribution is 2.22. The monoisotopic (exact) mass is 247 g/mol. The van der Waals surface area contributed by atoms with E-state index in [4.69, 9.17) is 0 Å². The Kier molecular flexibility index (Phi) is 3.36. The van der Waals surface area contributed by atoms with Crippen molar-refractivity contribution < 1.29 is 4.55 Å². The number of H-pyrrole nitrogens is 1. The van der Waals surface area contributed by atoms with Gasteiger partial charge in [-0.1, -0.05) is 0 Å².